The van der Waals surface area contributed by atoms with Gasteiger partial charge in [0.1, 0.15) is 25.2 Å². The molecule has 0 spiro atoms. The third-order valence-corrected chi connectivity index (χ3v) is 5.80. The first-order valence-electron chi connectivity index (χ1n) is 13.2. The summed E-state index contributed by atoms with van der Waals surface area (Å²) in [5.41, 5.74) is 4.87. The number of allylic oxidation sites excluding steroid dienone is 14. The molecule has 0 heterocycles. The summed E-state index contributed by atoms with van der Waals surface area (Å²) in [6.07, 6.45) is 13.0. The molecule has 0 unspecified atom stereocenters. The SMILES string of the molecule is C=C(C)/C(=C\C(F)=C/C)CNc1ccc(F)c(C(/C=C\C(C)=C(C)/C(C)=C/C(C#N)=C\C)=C/C)c1F.C=CC.C=O.C=O. The number of nitrogens with zero attached hydrogens (tertiary/aromatic N) is 1. The number of nitriles is 1. The fraction of sp³-hybridized carbons (Fsp3) is 0.250. The van der Waals surface area contributed by atoms with Crippen LogP contribution in [0, 0.1) is 23.0 Å². The van der Waals surface area contributed by atoms with Gasteiger partial charge in [-0.3, -0.25) is 0 Å². The smallest absolute Gasteiger partial charge is 0.157 e. The Morgan fingerprint density at radius 1 is 0.930 bits per heavy atom. The van der Waals surface area contributed by atoms with Crippen LogP contribution in [-0.4, -0.2) is 20.1 Å². The van der Waals surface area contributed by atoms with Gasteiger partial charge in [0, 0.05) is 12.1 Å². The van der Waals surface area contributed by atoms with E-state index in [1.54, 1.807) is 64.2 Å². The number of carbonyl (C=O) groups is 2. The van der Waals surface area contributed by atoms with Gasteiger partial charge in [0.15, 0.2) is 5.82 Å². The van der Waals surface area contributed by atoms with Gasteiger partial charge in [-0.2, -0.15) is 5.26 Å². The Kier molecular flexibility index (Phi) is 24.9. The summed E-state index contributed by atoms with van der Waals surface area (Å²) < 4.78 is 43.9. The fourth-order valence-electron chi connectivity index (χ4n) is 3.22. The predicted octanol–water partition coefficient (Wildman–Crippen LogP) is 10.3. The van der Waals surface area contributed by atoms with Crippen LogP contribution in [0.15, 0.2) is 113 Å². The molecule has 1 N–H and O–H groups in total. The molecule has 0 saturated carbocycles. The number of anilines is 1. The van der Waals surface area contributed by atoms with E-state index in [-0.39, 0.29) is 17.8 Å². The normalized spacial score (nSPS) is 12.7. The highest BCUT2D eigenvalue weighted by Crippen LogP contribution is 2.29. The molecule has 1 aromatic rings. The van der Waals surface area contributed by atoms with E-state index >= 15 is 4.39 Å². The summed E-state index contributed by atoms with van der Waals surface area (Å²) in [4.78, 5) is 16.0. The number of hydrogen-bond acceptors (Lipinski definition) is 4. The summed E-state index contributed by atoms with van der Waals surface area (Å²) in [5, 5.41) is 12.1. The minimum atomic E-state index is -0.735. The van der Waals surface area contributed by atoms with Crippen molar-refractivity contribution in [2.75, 3.05) is 11.9 Å². The van der Waals surface area contributed by atoms with Crippen molar-refractivity contribution in [2.45, 2.75) is 55.4 Å². The van der Waals surface area contributed by atoms with Crippen LogP contribution in [0.1, 0.15) is 61.0 Å². The molecule has 7 heteroatoms. The van der Waals surface area contributed by atoms with Crippen LogP contribution in [0.25, 0.3) is 5.57 Å². The first kappa shape index (κ1) is 42.8. The third kappa shape index (κ3) is 15.8. The van der Waals surface area contributed by atoms with Gasteiger partial charge in [-0.25, -0.2) is 13.2 Å². The summed E-state index contributed by atoms with van der Waals surface area (Å²) >= 11 is 0. The lowest BCUT2D eigenvalue weighted by Gasteiger charge is -2.14. The van der Waals surface area contributed by atoms with Crippen LogP contribution >= 0.6 is 0 Å². The van der Waals surface area contributed by atoms with Crippen molar-refractivity contribution in [1.82, 2.24) is 0 Å². The molecule has 232 valence electrons. The molecule has 4 nitrogen and oxygen atoms in total. The van der Waals surface area contributed by atoms with Crippen molar-refractivity contribution in [3.05, 3.63) is 130 Å². The van der Waals surface area contributed by atoms with E-state index < -0.39 is 17.5 Å². The van der Waals surface area contributed by atoms with E-state index in [2.05, 4.69) is 24.5 Å². The minimum Gasteiger partial charge on any atom is -0.379 e. The predicted molar refractivity (Wildman–Crippen MR) is 177 cm³/mol. The Morgan fingerprint density at radius 2 is 1.49 bits per heavy atom. The second-order valence-corrected chi connectivity index (χ2v) is 8.74. The molecule has 1 aromatic carbocycles. The third-order valence-electron chi connectivity index (χ3n) is 5.80. The molecule has 0 aliphatic rings. The van der Waals surface area contributed by atoms with E-state index in [4.69, 9.17) is 14.9 Å². The fourth-order valence-corrected chi connectivity index (χ4v) is 3.22. The molecular weight excluding hydrogens is 549 g/mol. The average molecular weight is 595 g/mol. The first-order chi connectivity index (χ1) is 20.4. The maximum atomic E-state index is 15.4. The average Bonchev–Trinajstić information content (AvgIpc) is 3.01. The minimum absolute atomic E-state index is 0.102. The van der Waals surface area contributed by atoms with Crippen LogP contribution in [0.3, 0.4) is 0 Å². The number of hydrogen-bond donors (Lipinski definition) is 1. The second-order valence-electron chi connectivity index (χ2n) is 8.74. The van der Waals surface area contributed by atoms with Crippen LogP contribution in [-0.2, 0) is 9.59 Å². The molecular formula is C36H45F3N2O2. The Balaban J connectivity index is -0.00000210. The molecule has 0 radical (unpaired) electrons. The van der Waals surface area contributed by atoms with Crippen molar-refractivity contribution in [2.24, 2.45) is 0 Å². The highest BCUT2D eigenvalue weighted by molar-refractivity contribution is 5.77. The summed E-state index contributed by atoms with van der Waals surface area (Å²) in [7, 11) is 0. The van der Waals surface area contributed by atoms with E-state index in [0.29, 0.717) is 22.3 Å². The molecule has 0 atom stereocenters. The highest BCUT2D eigenvalue weighted by Gasteiger charge is 2.16. The van der Waals surface area contributed by atoms with Crippen molar-refractivity contribution in [3.63, 3.8) is 0 Å². The second kappa shape index (κ2) is 25.0. The van der Waals surface area contributed by atoms with Crippen LogP contribution in [0.2, 0.25) is 0 Å². The molecule has 0 aliphatic heterocycles. The van der Waals surface area contributed by atoms with Crippen LogP contribution in [0.5, 0.6) is 0 Å². The van der Waals surface area contributed by atoms with Gasteiger partial charge in [-0.15, -0.1) is 6.58 Å². The van der Waals surface area contributed by atoms with Crippen molar-refractivity contribution in [3.8, 4) is 6.07 Å². The monoisotopic (exact) mass is 594 g/mol. The van der Waals surface area contributed by atoms with E-state index in [9.17, 15) is 8.78 Å². The van der Waals surface area contributed by atoms with Gasteiger partial charge in [-0.05, 0) is 108 Å². The first-order valence-corrected chi connectivity index (χ1v) is 13.2. The lowest BCUT2D eigenvalue weighted by atomic mass is 9.98. The molecule has 0 fully saturated rings. The molecule has 0 amide bonds. The Morgan fingerprint density at radius 3 is 1.93 bits per heavy atom. The highest BCUT2D eigenvalue weighted by atomic mass is 19.1. The largest absolute Gasteiger partial charge is 0.379 e. The van der Waals surface area contributed by atoms with Gasteiger partial charge in [0.25, 0.3) is 0 Å². The Bertz CT molecular complexity index is 1330. The molecule has 0 saturated heterocycles. The number of rotatable bonds is 10. The quantitative estimate of drug-likeness (QED) is 0.166. The number of nitrogens with one attached hydrogen (secondary N) is 1. The van der Waals surface area contributed by atoms with Crippen molar-refractivity contribution in [1.29, 1.82) is 5.26 Å². The molecule has 43 heavy (non-hydrogen) atoms. The zero-order chi connectivity index (χ0) is 34.1. The topological polar surface area (TPSA) is 70.0 Å². The Labute approximate surface area is 256 Å². The lowest BCUT2D eigenvalue weighted by molar-refractivity contribution is -0.0987. The maximum Gasteiger partial charge on any atom is 0.157 e. The number of halogens is 3. The standard InChI is InChI=1S/C31H35F3N2.C3H6.2CH2O/c1-9-24(18-35)16-22(7)23(8)21(6)12-13-25(10-2)30-28(33)14-15-29(31(30)34)36-19-26(20(4)5)17-27(32)11-3;1-3-2;2*1-2/h9-17,36H,4,19H2,1-3,5-8H3;3H,1H2,2H3;2*1H2/b13-12-,22-16+,23-21-,24-9+,25-10+,26-17-,27-11+;;;. The van der Waals surface area contributed by atoms with Crippen molar-refractivity contribution >= 4 is 24.8 Å². The zero-order valence-electron chi connectivity index (χ0n) is 26.7. The zero-order valence-corrected chi connectivity index (χ0v) is 26.7. The van der Waals surface area contributed by atoms with Gasteiger partial charge >= 0.3 is 0 Å². The van der Waals surface area contributed by atoms with Gasteiger partial charge in [0.05, 0.1) is 17.3 Å². The number of carbonyl (C=O) groups excluding carboxylic acids is 2. The summed E-state index contributed by atoms with van der Waals surface area (Å²) in [6.45, 7) is 25.8. The lowest BCUT2D eigenvalue weighted by Crippen LogP contribution is -2.09. The maximum absolute atomic E-state index is 15.4. The molecule has 0 bridgehead atoms. The summed E-state index contributed by atoms with van der Waals surface area (Å²) in [6, 6.07) is 4.66. The van der Waals surface area contributed by atoms with E-state index in [1.807, 2.05) is 41.3 Å². The molecule has 1 rings (SSSR count). The van der Waals surface area contributed by atoms with E-state index in [0.717, 1.165) is 16.7 Å². The number of benzene rings is 1. The van der Waals surface area contributed by atoms with Gasteiger partial charge in [0.2, 0.25) is 0 Å². The van der Waals surface area contributed by atoms with Crippen LogP contribution in [0.4, 0.5) is 18.9 Å². The molecule has 0 aromatic heterocycles. The van der Waals surface area contributed by atoms with Gasteiger partial charge in [-0.1, -0.05) is 48.6 Å². The van der Waals surface area contributed by atoms with Gasteiger partial charge < -0.3 is 14.9 Å². The molecule has 0 aliphatic carbocycles. The Hall–Kier alpha value is -4.70. The summed E-state index contributed by atoms with van der Waals surface area (Å²) in [5.74, 6) is -1.84. The van der Waals surface area contributed by atoms with E-state index in [1.165, 1.54) is 24.3 Å². The van der Waals surface area contributed by atoms with Crippen LogP contribution < -0.4 is 5.32 Å². The van der Waals surface area contributed by atoms with Crippen molar-refractivity contribution < 1.29 is 22.8 Å².